The minimum Gasteiger partial charge on any atom is -0.294 e. The lowest BCUT2D eigenvalue weighted by molar-refractivity contribution is 0.102. The molecule has 0 atom stereocenters. The third-order valence-electron chi connectivity index (χ3n) is 1.30. The molecule has 0 saturated carbocycles. The summed E-state index contributed by atoms with van der Waals surface area (Å²) >= 11 is 1.42. The maximum absolute atomic E-state index is 10.9. The number of rotatable bonds is 2. The molecule has 0 aromatic carbocycles. The lowest BCUT2D eigenvalue weighted by Crippen LogP contribution is -1.93. The Bertz CT molecular complexity index is 242. The fourth-order valence-electron chi connectivity index (χ4n) is 0.807. The van der Waals surface area contributed by atoms with Crippen molar-refractivity contribution in [3.05, 3.63) is 16.1 Å². The number of hydrogen-bond donors (Lipinski definition) is 0. The Balaban J connectivity index is 3.01. The van der Waals surface area contributed by atoms with E-state index in [9.17, 15) is 4.79 Å². The summed E-state index contributed by atoms with van der Waals surface area (Å²) in [5.41, 5.74) is 2.65. The Hall–Kier alpha value is -0.700. The molecular weight excluding hydrogens is 146 g/mol. The highest BCUT2D eigenvalue weighted by Crippen LogP contribution is 2.13. The SMILES string of the molecule is CCc1ncsc1C(C)=O. The number of hydrogen-bond acceptors (Lipinski definition) is 3. The third kappa shape index (κ3) is 1.24. The molecule has 0 amide bonds. The van der Waals surface area contributed by atoms with Crippen molar-refractivity contribution in [3.63, 3.8) is 0 Å². The number of Topliss-reactive ketones (excluding diaryl/α,β-unsaturated/α-hetero) is 1. The molecule has 0 aliphatic carbocycles. The summed E-state index contributed by atoms with van der Waals surface area (Å²) < 4.78 is 0. The molecule has 3 heteroatoms. The van der Waals surface area contributed by atoms with Gasteiger partial charge in [0.25, 0.3) is 0 Å². The highest BCUT2D eigenvalue weighted by Gasteiger charge is 2.07. The van der Waals surface area contributed by atoms with Crippen LogP contribution in [-0.4, -0.2) is 10.8 Å². The second kappa shape index (κ2) is 2.92. The molecule has 0 radical (unpaired) electrons. The Morgan fingerprint density at radius 3 is 2.90 bits per heavy atom. The summed E-state index contributed by atoms with van der Waals surface area (Å²) in [6.07, 6.45) is 0.846. The van der Waals surface area contributed by atoms with E-state index >= 15 is 0 Å². The van der Waals surface area contributed by atoms with E-state index in [0.717, 1.165) is 17.0 Å². The molecule has 0 unspecified atom stereocenters. The van der Waals surface area contributed by atoms with E-state index in [1.807, 2.05) is 6.92 Å². The van der Waals surface area contributed by atoms with Crippen LogP contribution >= 0.6 is 11.3 Å². The van der Waals surface area contributed by atoms with Gasteiger partial charge in [0.15, 0.2) is 5.78 Å². The summed E-state index contributed by atoms with van der Waals surface area (Å²) in [7, 11) is 0. The molecular formula is C7H9NOS. The van der Waals surface area contributed by atoms with Gasteiger partial charge in [-0.2, -0.15) is 0 Å². The van der Waals surface area contributed by atoms with Gasteiger partial charge in [-0.05, 0) is 6.42 Å². The van der Waals surface area contributed by atoms with Gasteiger partial charge in [-0.1, -0.05) is 6.92 Å². The summed E-state index contributed by atoms with van der Waals surface area (Å²) in [6, 6.07) is 0. The van der Waals surface area contributed by atoms with E-state index in [1.165, 1.54) is 11.3 Å². The lowest BCUT2D eigenvalue weighted by Gasteiger charge is -1.90. The van der Waals surface area contributed by atoms with Gasteiger partial charge in [-0.15, -0.1) is 11.3 Å². The summed E-state index contributed by atoms with van der Waals surface area (Å²) in [6.45, 7) is 3.58. The first-order valence-electron chi connectivity index (χ1n) is 3.19. The molecule has 1 heterocycles. The van der Waals surface area contributed by atoms with E-state index < -0.39 is 0 Å². The molecule has 0 fully saturated rings. The maximum Gasteiger partial charge on any atom is 0.171 e. The van der Waals surface area contributed by atoms with Gasteiger partial charge in [-0.3, -0.25) is 4.79 Å². The van der Waals surface area contributed by atoms with E-state index in [-0.39, 0.29) is 5.78 Å². The van der Waals surface area contributed by atoms with Crippen LogP contribution < -0.4 is 0 Å². The molecule has 1 aromatic heterocycles. The zero-order valence-electron chi connectivity index (χ0n) is 6.05. The standard InChI is InChI=1S/C7H9NOS/c1-3-6-7(5(2)9)10-4-8-6/h4H,3H2,1-2H3. The fraction of sp³-hybridized carbons (Fsp3) is 0.429. The third-order valence-corrected chi connectivity index (χ3v) is 2.27. The molecule has 54 valence electrons. The summed E-state index contributed by atoms with van der Waals surface area (Å²) in [4.78, 5) is 15.7. The molecule has 1 aromatic rings. The van der Waals surface area contributed by atoms with Gasteiger partial charge in [0, 0.05) is 6.92 Å². The van der Waals surface area contributed by atoms with Crippen LogP contribution in [0.5, 0.6) is 0 Å². The fourth-order valence-corrected chi connectivity index (χ4v) is 1.59. The van der Waals surface area contributed by atoms with Crippen LogP contribution in [-0.2, 0) is 6.42 Å². The van der Waals surface area contributed by atoms with Gasteiger partial charge in [0.1, 0.15) is 0 Å². The molecule has 0 aliphatic heterocycles. The molecule has 0 N–H and O–H groups in total. The van der Waals surface area contributed by atoms with Crippen molar-refractivity contribution in [1.29, 1.82) is 0 Å². The van der Waals surface area contributed by atoms with Crippen molar-refractivity contribution in [2.75, 3.05) is 0 Å². The number of aryl methyl sites for hydroxylation is 1. The lowest BCUT2D eigenvalue weighted by atomic mass is 10.2. The topological polar surface area (TPSA) is 30.0 Å². The van der Waals surface area contributed by atoms with Crippen LogP contribution in [0.2, 0.25) is 0 Å². The van der Waals surface area contributed by atoms with Gasteiger partial charge >= 0.3 is 0 Å². The molecule has 10 heavy (non-hydrogen) atoms. The van der Waals surface area contributed by atoms with E-state index in [4.69, 9.17) is 0 Å². The quantitative estimate of drug-likeness (QED) is 0.610. The smallest absolute Gasteiger partial charge is 0.171 e. The van der Waals surface area contributed by atoms with Crippen molar-refractivity contribution in [3.8, 4) is 0 Å². The average molecular weight is 155 g/mol. The first-order chi connectivity index (χ1) is 4.75. The number of thiazole rings is 1. The first kappa shape index (κ1) is 7.41. The molecule has 0 bridgehead atoms. The van der Waals surface area contributed by atoms with Crippen LogP contribution in [0.15, 0.2) is 5.51 Å². The van der Waals surface area contributed by atoms with Crippen molar-refractivity contribution in [1.82, 2.24) is 4.98 Å². The molecule has 0 saturated heterocycles. The van der Waals surface area contributed by atoms with E-state index in [1.54, 1.807) is 12.4 Å². The highest BCUT2D eigenvalue weighted by molar-refractivity contribution is 7.11. The van der Waals surface area contributed by atoms with Crippen LogP contribution in [0.4, 0.5) is 0 Å². The number of aromatic nitrogens is 1. The number of carbonyl (C=O) groups excluding carboxylic acids is 1. The van der Waals surface area contributed by atoms with Gasteiger partial charge in [0.05, 0.1) is 16.1 Å². The predicted molar refractivity (Wildman–Crippen MR) is 41.5 cm³/mol. The van der Waals surface area contributed by atoms with Crippen LogP contribution in [0.1, 0.15) is 29.2 Å². The normalized spacial score (nSPS) is 9.80. The first-order valence-corrected chi connectivity index (χ1v) is 4.07. The molecule has 0 aliphatic rings. The second-order valence-corrected chi connectivity index (χ2v) is 2.89. The minimum atomic E-state index is 0.124. The zero-order chi connectivity index (χ0) is 7.56. The average Bonchev–Trinajstić information content (AvgIpc) is 2.33. The monoisotopic (exact) mass is 155 g/mol. The second-order valence-electron chi connectivity index (χ2n) is 2.04. The summed E-state index contributed by atoms with van der Waals surface area (Å²) in [5, 5.41) is 0. The molecule has 1 rings (SSSR count). The molecule has 0 spiro atoms. The Kier molecular flexibility index (Phi) is 2.17. The Morgan fingerprint density at radius 2 is 2.50 bits per heavy atom. The number of ketones is 1. The number of nitrogens with zero attached hydrogens (tertiary/aromatic N) is 1. The maximum atomic E-state index is 10.9. The van der Waals surface area contributed by atoms with Crippen molar-refractivity contribution in [2.24, 2.45) is 0 Å². The largest absolute Gasteiger partial charge is 0.294 e. The Labute approximate surface area is 63.9 Å². The summed E-state index contributed by atoms with van der Waals surface area (Å²) in [5.74, 6) is 0.124. The Morgan fingerprint density at radius 1 is 1.80 bits per heavy atom. The number of carbonyl (C=O) groups is 1. The predicted octanol–water partition coefficient (Wildman–Crippen LogP) is 1.91. The van der Waals surface area contributed by atoms with Gasteiger partial charge in [0.2, 0.25) is 0 Å². The van der Waals surface area contributed by atoms with Crippen LogP contribution in [0.25, 0.3) is 0 Å². The minimum absolute atomic E-state index is 0.124. The highest BCUT2D eigenvalue weighted by atomic mass is 32.1. The van der Waals surface area contributed by atoms with E-state index in [2.05, 4.69) is 4.98 Å². The van der Waals surface area contributed by atoms with Crippen molar-refractivity contribution >= 4 is 17.1 Å². The van der Waals surface area contributed by atoms with Crippen LogP contribution in [0.3, 0.4) is 0 Å². The zero-order valence-corrected chi connectivity index (χ0v) is 6.86. The van der Waals surface area contributed by atoms with Gasteiger partial charge < -0.3 is 0 Å². The van der Waals surface area contributed by atoms with Crippen molar-refractivity contribution < 1.29 is 4.79 Å². The molecule has 2 nitrogen and oxygen atoms in total. The van der Waals surface area contributed by atoms with E-state index in [0.29, 0.717) is 0 Å². The van der Waals surface area contributed by atoms with Crippen molar-refractivity contribution in [2.45, 2.75) is 20.3 Å². The van der Waals surface area contributed by atoms with Gasteiger partial charge in [-0.25, -0.2) is 4.98 Å². The van der Waals surface area contributed by atoms with Crippen LogP contribution in [0, 0.1) is 0 Å².